The second-order valence-corrected chi connectivity index (χ2v) is 15.1. The van der Waals surface area contributed by atoms with Gasteiger partial charge >= 0.3 is 0 Å². The van der Waals surface area contributed by atoms with Crippen molar-refractivity contribution in [1.29, 1.82) is 0 Å². The SMILES string of the molecule is C=C.c1ccc(-c2nc3ccccc3n2-c2ccc(-c3ccc4c(c3)C3(c5ccccc5-c5ccccc53)c3cc(-c5ccc6ccccc6c5)ccc3-4)cc2)cc1. The van der Waals surface area contributed by atoms with Gasteiger partial charge in [-0.05, 0) is 120 Å². The van der Waals surface area contributed by atoms with Crippen LogP contribution in [0, 0.1) is 0 Å². The van der Waals surface area contributed by atoms with Crippen LogP contribution >= 0.6 is 0 Å². The smallest absolute Gasteiger partial charge is 0.145 e. The van der Waals surface area contributed by atoms with Crippen molar-refractivity contribution in [3.8, 4) is 61.6 Å². The Kier molecular flexibility index (Phi) is 7.74. The first-order valence-electron chi connectivity index (χ1n) is 19.9. The number of rotatable bonds is 4. The number of fused-ring (bicyclic) bond motifs is 12. The molecule has 9 aromatic carbocycles. The second kappa shape index (κ2) is 13.3. The number of hydrogen-bond donors (Lipinski definition) is 0. The number of aromatic nitrogens is 2. The van der Waals surface area contributed by atoms with Crippen molar-refractivity contribution in [3.05, 3.63) is 242 Å². The molecule has 0 bridgehead atoms. The molecule has 1 spiro atoms. The fourth-order valence-electron chi connectivity index (χ4n) is 9.74. The molecule has 0 unspecified atom stereocenters. The van der Waals surface area contributed by atoms with Crippen LogP contribution in [0.2, 0.25) is 0 Å². The number of imidazole rings is 1. The van der Waals surface area contributed by atoms with E-state index in [1.165, 1.54) is 77.5 Å². The van der Waals surface area contributed by atoms with Crippen LogP contribution in [0.5, 0.6) is 0 Å². The highest BCUT2D eigenvalue weighted by Crippen LogP contribution is 2.63. The van der Waals surface area contributed by atoms with E-state index in [0.717, 1.165) is 28.1 Å². The predicted molar refractivity (Wildman–Crippen MR) is 242 cm³/mol. The van der Waals surface area contributed by atoms with Gasteiger partial charge in [0.2, 0.25) is 0 Å². The molecule has 58 heavy (non-hydrogen) atoms. The van der Waals surface area contributed by atoms with Gasteiger partial charge in [0.25, 0.3) is 0 Å². The molecule has 1 heterocycles. The van der Waals surface area contributed by atoms with E-state index in [1.807, 2.05) is 0 Å². The fraction of sp³-hybridized carbons (Fsp3) is 0.0179. The zero-order valence-corrected chi connectivity index (χ0v) is 31.9. The molecule has 0 saturated carbocycles. The van der Waals surface area contributed by atoms with Crippen LogP contribution < -0.4 is 0 Å². The van der Waals surface area contributed by atoms with Crippen molar-refractivity contribution in [2.45, 2.75) is 5.41 Å². The first kappa shape index (κ1) is 33.8. The molecule has 0 N–H and O–H groups in total. The lowest BCUT2D eigenvalue weighted by molar-refractivity contribution is 0.794. The lowest BCUT2D eigenvalue weighted by Crippen LogP contribution is -2.26. The summed E-state index contributed by atoms with van der Waals surface area (Å²) in [5, 5.41) is 2.52. The van der Waals surface area contributed by atoms with Crippen LogP contribution in [0.4, 0.5) is 0 Å². The maximum Gasteiger partial charge on any atom is 0.145 e. The molecule has 0 fully saturated rings. The average Bonchev–Trinajstić information content (AvgIpc) is 3.94. The summed E-state index contributed by atoms with van der Waals surface area (Å²) >= 11 is 0. The Morgan fingerprint density at radius 1 is 0.362 bits per heavy atom. The molecule has 0 radical (unpaired) electrons. The summed E-state index contributed by atoms with van der Waals surface area (Å²) in [6.07, 6.45) is 0. The minimum absolute atomic E-state index is 0.443. The first-order valence-corrected chi connectivity index (χ1v) is 19.9. The average molecular weight is 739 g/mol. The van der Waals surface area contributed by atoms with E-state index in [4.69, 9.17) is 4.98 Å². The molecule has 272 valence electrons. The maximum absolute atomic E-state index is 5.08. The van der Waals surface area contributed by atoms with Crippen molar-refractivity contribution in [2.24, 2.45) is 0 Å². The molecule has 2 nitrogen and oxygen atoms in total. The Labute approximate surface area is 338 Å². The Morgan fingerprint density at radius 3 is 1.55 bits per heavy atom. The highest BCUT2D eigenvalue weighted by molar-refractivity contribution is 5.97. The number of benzene rings is 9. The third kappa shape index (κ3) is 4.88. The zero-order chi connectivity index (χ0) is 38.8. The first-order chi connectivity index (χ1) is 28.8. The van der Waals surface area contributed by atoms with E-state index in [2.05, 4.69) is 224 Å². The van der Waals surface area contributed by atoms with Gasteiger partial charge in [-0.15, -0.1) is 13.2 Å². The zero-order valence-electron chi connectivity index (χ0n) is 31.9. The van der Waals surface area contributed by atoms with Gasteiger partial charge in [0.15, 0.2) is 0 Å². The topological polar surface area (TPSA) is 17.8 Å². The summed E-state index contributed by atoms with van der Waals surface area (Å²) in [4.78, 5) is 5.08. The summed E-state index contributed by atoms with van der Waals surface area (Å²) < 4.78 is 2.28. The van der Waals surface area contributed by atoms with Crippen LogP contribution in [0.15, 0.2) is 219 Å². The van der Waals surface area contributed by atoms with Gasteiger partial charge in [0, 0.05) is 11.3 Å². The van der Waals surface area contributed by atoms with E-state index in [9.17, 15) is 0 Å². The Bertz CT molecular complexity index is 3160. The van der Waals surface area contributed by atoms with Crippen LogP contribution in [0.3, 0.4) is 0 Å². The van der Waals surface area contributed by atoms with Gasteiger partial charge in [-0.25, -0.2) is 4.98 Å². The number of para-hydroxylation sites is 2. The van der Waals surface area contributed by atoms with Crippen LogP contribution in [-0.2, 0) is 5.41 Å². The van der Waals surface area contributed by atoms with E-state index >= 15 is 0 Å². The summed E-state index contributed by atoms with van der Waals surface area (Å²) in [6, 6.07) is 75.8. The van der Waals surface area contributed by atoms with Crippen LogP contribution in [0.1, 0.15) is 22.3 Å². The Hall–Kier alpha value is -7.55. The summed E-state index contributed by atoms with van der Waals surface area (Å²) in [6.45, 7) is 6.00. The van der Waals surface area contributed by atoms with Gasteiger partial charge in [-0.2, -0.15) is 0 Å². The summed E-state index contributed by atoms with van der Waals surface area (Å²) in [5.41, 5.74) is 19.3. The molecule has 0 aliphatic heterocycles. The molecule has 2 heteroatoms. The second-order valence-electron chi connectivity index (χ2n) is 15.1. The normalized spacial score (nSPS) is 12.8. The van der Waals surface area contributed by atoms with E-state index in [-0.39, 0.29) is 0 Å². The molecule has 0 atom stereocenters. The lowest BCUT2D eigenvalue weighted by Gasteiger charge is -2.31. The summed E-state index contributed by atoms with van der Waals surface area (Å²) in [5.74, 6) is 0.943. The molecule has 12 rings (SSSR count). The van der Waals surface area contributed by atoms with Gasteiger partial charge in [0.1, 0.15) is 5.82 Å². The number of nitrogens with zero attached hydrogens (tertiary/aromatic N) is 2. The molecule has 2 aliphatic rings. The van der Waals surface area contributed by atoms with E-state index < -0.39 is 5.41 Å². The largest absolute Gasteiger partial charge is 0.292 e. The van der Waals surface area contributed by atoms with E-state index in [1.54, 1.807) is 0 Å². The van der Waals surface area contributed by atoms with Gasteiger partial charge in [-0.1, -0.05) is 164 Å². The lowest BCUT2D eigenvalue weighted by atomic mass is 9.70. The molecule has 10 aromatic rings. The van der Waals surface area contributed by atoms with Crippen molar-refractivity contribution in [1.82, 2.24) is 9.55 Å². The highest BCUT2D eigenvalue weighted by atomic mass is 15.1. The van der Waals surface area contributed by atoms with Crippen molar-refractivity contribution >= 4 is 21.8 Å². The standard InChI is InChI=1S/C54H34N2.C2H4/c1-2-13-37(14-3-1)53-55-51-20-10-11-21-52(51)56(53)42-28-24-36(25-29-42)40-26-30-45-46-31-27-41(39-23-22-35-12-4-5-15-38(35)32-39)34-50(46)54(49(45)33-40)47-18-8-6-16-43(47)44-17-7-9-19-48(44)54;1-2/h1-34H;1-2H2. The minimum atomic E-state index is -0.443. The maximum atomic E-state index is 5.08. The van der Waals surface area contributed by atoms with Gasteiger partial charge in [-0.3, -0.25) is 4.57 Å². The molecular formula is C56H38N2. The fourth-order valence-corrected chi connectivity index (χ4v) is 9.74. The molecule has 0 saturated heterocycles. The van der Waals surface area contributed by atoms with E-state index in [0.29, 0.717) is 0 Å². The van der Waals surface area contributed by atoms with Crippen molar-refractivity contribution in [2.75, 3.05) is 0 Å². The van der Waals surface area contributed by atoms with Crippen LogP contribution in [0.25, 0.3) is 83.4 Å². The van der Waals surface area contributed by atoms with Crippen LogP contribution in [-0.4, -0.2) is 9.55 Å². The van der Waals surface area contributed by atoms with Crippen molar-refractivity contribution in [3.63, 3.8) is 0 Å². The monoisotopic (exact) mass is 738 g/mol. The Morgan fingerprint density at radius 2 is 0.862 bits per heavy atom. The number of hydrogen-bond acceptors (Lipinski definition) is 1. The predicted octanol–water partition coefficient (Wildman–Crippen LogP) is 14.3. The quantitative estimate of drug-likeness (QED) is 0.164. The third-order valence-corrected chi connectivity index (χ3v) is 12.2. The Balaban J connectivity index is 0.00000190. The molecule has 2 aliphatic carbocycles. The molecular weight excluding hydrogens is 701 g/mol. The minimum Gasteiger partial charge on any atom is -0.292 e. The summed E-state index contributed by atoms with van der Waals surface area (Å²) in [7, 11) is 0. The molecule has 0 amide bonds. The molecule has 1 aromatic heterocycles. The van der Waals surface area contributed by atoms with Gasteiger partial charge in [0.05, 0.1) is 16.4 Å². The third-order valence-electron chi connectivity index (χ3n) is 12.2. The van der Waals surface area contributed by atoms with Gasteiger partial charge < -0.3 is 0 Å². The highest BCUT2D eigenvalue weighted by Gasteiger charge is 2.51. The van der Waals surface area contributed by atoms with Crippen molar-refractivity contribution < 1.29 is 0 Å².